The lowest BCUT2D eigenvalue weighted by Gasteiger charge is -2.07. The van der Waals surface area contributed by atoms with Crippen LogP contribution in [-0.2, 0) is 0 Å². The number of nitrogens with zero attached hydrogens (tertiary/aromatic N) is 2. The van der Waals surface area contributed by atoms with E-state index in [0.29, 0.717) is 26.1 Å². The molecule has 0 atom stereocenters. The molecule has 0 saturated carbocycles. The zero-order valence-corrected chi connectivity index (χ0v) is 16.5. The Kier molecular flexibility index (Phi) is 5.93. The number of rotatable bonds is 7. The van der Waals surface area contributed by atoms with Gasteiger partial charge in [0, 0.05) is 11.4 Å². The van der Waals surface area contributed by atoms with E-state index in [4.69, 9.17) is 17.0 Å². The number of thiazole rings is 1. The van der Waals surface area contributed by atoms with Crippen LogP contribution in [0.15, 0.2) is 34.2 Å². The summed E-state index contributed by atoms with van der Waals surface area (Å²) in [7, 11) is 0. The lowest BCUT2D eigenvalue weighted by Crippen LogP contribution is -2.09. The minimum Gasteiger partial charge on any atom is -0.494 e. The molecule has 2 heterocycles. The zero-order chi connectivity index (χ0) is 17.8. The van der Waals surface area contributed by atoms with Gasteiger partial charge in [0.05, 0.1) is 6.61 Å². The maximum Gasteiger partial charge on any atom is 0.271 e. The van der Waals surface area contributed by atoms with Crippen molar-refractivity contribution in [1.29, 1.82) is 0 Å². The first kappa shape index (κ1) is 18.2. The molecule has 0 radical (unpaired) electrons. The van der Waals surface area contributed by atoms with E-state index in [1.54, 1.807) is 11.8 Å². The van der Waals surface area contributed by atoms with Crippen molar-refractivity contribution in [3.63, 3.8) is 0 Å². The van der Waals surface area contributed by atoms with Crippen LogP contribution in [0.2, 0.25) is 0 Å². The fraction of sp³-hybridized carbons (Fsp3) is 0.353. The standard InChI is InChI=1S/C17H19N3O2S3/c1-3-5-10-24-16-18-14-13(15(21)19-16)25-17(23)20(14)11-6-8-12(9-7-11)22-4-2/h6-9H,3-5,10H2,1-2H3,(H,18,19,21). The molecule has 3 aromatic rings. The third kappa shape index (κ3) is 3.96. The fourth-order valence-corrected chi connectivity index (χ4v) is 4.57. The van der Waals surface area contributed by atoms with Gasteiger partial charge in [-0.3, -0.25) is 9.36 Å². The summed E-state index contributed by atoms with van der Waals surface area (Å²) >= 11 is 8.33. The number of hydrogen-bond donors (Lipinski definition) is 1. The van der Waals surface area contributed by atoms with Crippen LogP contribution < -0.4 is 10.3 Å². The smallest absolute Gasteiger partial charge is 0.271 e. The molecule has 0 unspecified atom stereocenters. The number of unbranched alkanes of at least 4 members (excludes halogenated alkanes) is 1. The Balaban J connectivity index is 2.06. The number of nitrogens with one attached hydrogen (secondary N) is 1. The van der Waals surface area contributed by atoms with Gasteiger partial charge in [0.15, 0.2) is 14.8 Å². The average molecular weight is 394 g/mol. The Hall–Kier alpha value is -1.64. The van der Waals surface area contributed by atoms with Crippen molar-refractivity contribution >= 4 is 45.7 Å². The maximum atomic E-state index is 12.4. The van der Waals surface area contributed by atoms with Gasteiger partial charge in [-0.1, -0.05) is 36.4 Å². The minimum absolute atomic E-state index is 0.134. The molecule has 0 spiro atoms. The monoisotopic (exact) mass is 393 g/mol. The van der Waals surface area contributed by atoms with Gasteiger partial charge >= 0.3 is 0 Å². The Labute approximate surface area is 159 Å². The van der Waals surface area contributed by atoms with E-state index >= 15 is 0 Å². The number of aromatic nitrogens is 3. The number of thioether (sulfide) groups is 1. The van der Waals surface area contributed by atoms with E-state index in [2.05, 4.69) is 16.9 Å². The number of benzene rings is 1. The van der Waals surface area contributed by atoms with Crippen molar-refractivity contribution in [2.45, 2.75) is 31.8 Å². The third-order valence-corrected chi connectivity index (χ3v) is 5.89. The van der Waals surface area contributed by atoms with Gasteiger partial charge < -0.3 is 9.72 Å². The van der Waals surface area contributed by atoms with E-state index in [1.807, 2.05) is 35.8 Å². The van der Waals surface area contributed by atoms with Gasteiger partial charge in [0.2, 0.25) is 0 Å². The lowest BCUT2D eigenvalue weighted by molar-refractivity contribution is 0.340. The SMILES string of the molecule is CCCCSc1nc2c(sc(=S)n2-c2ccc(OCC)cc2)c(=O)[nH]1. The van der Waals surface area contributed by atoms with Gasteiger partial charge in [-0.25, -0.2) is 4.98 Å². The molecular formula is C17H19N3O2S3. The second-order valence-electron chi connectivity index (χ2n) is 5.36. The quantitative estimate of drug-likeness (QED) is 0.270. The highest BCUT2D eigenvalue weighted by Crippen LogP contribution is 2.26. The average Bonchev–Trinajstić information content (AvgIpc) is 2.93. The number of ether oxygens (including phenoxy) is 1. The van der Waals surface area contributed by atoms with Crippen LogP contribution in [0.25, 0.3) is 16.0 Å². The summed E-state index contributed by atoms with van der Waals surface area (Å²) in [5, 5.41) is 0.637. The molecule has 0 fully saturated rings. The molecule has 0 amide bonds. The molecule has 8 heteroatoms. The summed E-state index contributed by atoms with van der Waals surface area (Å²) in [6.07, 6.45) is 2.20. The van der Waals surface area contributed by atoms with Gasteiger partial charge in [-0.2, -0.15) is 0 Å². The molecule has 2 aromatic heterocycles. The summed E-state index contributed by atoms with van der Waals surface area (Å²) in [4.78, 5) is 19.9. The topological polar surface area (TPSA) is 59.9 Å². The van der Waals surface area contributed by atoms with E-state index in [1.165, 1.54) is 11.3 Å². The van der Waals surface area contributed by atoms with E-state index < -0.39 is 0 Å². The van der Waals surface area contributed by atoms with E-state index in [0.717, 1.165) is 30.0 Å². The van der Waals surface area contributed by atoms with Crippen molar-refractivity contribution in [2.75, 3.05) is 12.4 Å². The molecule has 0 aliphatic rings. The number of aromatic amines is 1. The Morgan fingerprint density at radius 2 is 2.08 bits per heavy atom. The van der Waals surface area contributed by atoms with Crippen LogP contribution in [0, 0.1) is 3.95 Å². The summed E-state index contributed by atoms with van der Waals surface area (Å²) in [5.41, 5.74) is 1.36. The van der Waals surface area contributed by atoms with Crippen LogP contribution >= 0.6 is 35.3 Å². The van der Waals surface area contributed by atoms with Crippen LogP contribution in [0.1, 0.15) is 26.7 Å². The maximum absolute atomic E-state index is 12.4. The van der Waals surface area contributed by atoms with Crippen LogP contribution in [-0.4, -0.2) is 26.9 Å². The lowest BCUT2D eigenvalue weighted by atomic mass is 10.3. The molecule has 3 rings (SSSR count). The Morgan fingerprint density at radius 1 is 1.32 bits per heavy atom. The number of fused-ring (bicyclic) bond motifs is 1. The molecule has 1 aromatic carbocycles. The normalized spacial score (nSPS) is 11.1. The summed E-state index contributed by atoms with van der Waals surface area (Å²) in [5.74, 6) is 1.73. The molecule has 0 aliphatic carbocycles. The largest absolute Gasteiger partial charge is 0.494 e. The minimum atomic E-state index is -0.134. The molecule has 0 bridgehead atoms. The fourth-order valence-electron chi connectivity index (χ4n) is 2.36. The van der Waals surface area contributed by atoms with Crippen LogP contribution in [0.5, 0.6) is 5.75 Å². The first-order chi connectivity index (χ1) is 12.1. The Morgan fingerprint density at radius 3 is 2.76 bits per heavy atom. The second-order valence-corrected chi connectivity index (χ2v) is 8.08. The molecule has 0 aliphatic heterocycles. The van der Waals surface area contributed by atoms with E-state index in [9.17, 15) is 4.79 Å². The Bertz CT molecular complexity index is 973. The molecule has 5 nitrogen and oxygen atoms in total. The summed E-state index contributed by atoms with van der Waals surface area (Å²) in [6.45, 7) is 4.71. The first-order valence-electron chi connectivity index (χ1n) is 8.16. The third-order valence-electron chi connectivity index (χ3n) is 3.56. The van der Waals surface area contributed by atoms with Crippen molar-refractivity contribution in [2.24, 2.45) is 0 Å². The van der Waals surface area contributed by atoms with Gasteiger partial charge in [-0.15, -0.1) is 0 Å². The highest BCUT2D eigenvalue weighted by atomic mass is 32.2. The highest BCUT2D eigenvalue weighted by molar-refractivity contribution is 7.99. The van der Waals surface area contributed by atoms with Crippen molar-refractivity contribution in [1.82, 2.24) is 14.5 Å². The van der Waals surface area contributed by atoms with Gasteiger partial charge in [0.25, 0.3) is 5.56 Å². The van der Waals surface area contributed by atoms with Gasteiger partial charge in [0.1, 0.15) is 10.4 Å². The molecule has 0 saturated heterocycles. The number of H-pyrrole nitrogens is 1. The molecule has 25 heavy (non-hydrogen) atoms. The zero-order valence-electron chi connectivity index (χ0n) is 14.1. The van der Waals surface area contributed by atoms with Crippen LogP contribution in [0.4, 0.5) is 0 Å². The van der Waals surface area contributed by atoms with E-state index in [-0.39, 0.29) is 5.56 Å². The molecule has 132 valence electrons. The predicted octanol–water partition coefficient (Wildman–Crippen LogP) is 4.80. The van der Waals surface area contributed by atoms with Crippen molar-refractivity contribution in [3.8, 4) is 11.4 Å². The van der Waals surface area contributed by atoms with Crippen molar-refractivity contribution < 1.29 is 4.74 Å². The summed E-state index contributed by atoms with van der Waals surface area (Å²) < 4.78 is 8.49. The van der Waals surface area contributed by atoms with Crippen LogP contribution in [0.3, 0.4) is 0 Å². The predicted molar refractivity (Wildman–Crippen MR) is 107 cm³/mol. The molecule has 1 N–H and O–H groups in total. The summed E-state index contributed by atoms with van der Waals surface area (Å²) in [6, 6.07) is 7.65. The highest BCUT2D eigenvalue weighted by Gasteiger charge is 2.14. The molecular weight excluding hydrogens is 374 g/mol. The van der Waals surface area contributed by atoms with Crippen molar-refractivity contribution in [3.05, 3.63) is 38.6 Å². The second kappa shape index (κ2) is 8.16. The van der Waals surface area contributed by atoms with Gasteiger partial charge in [-0.05, 0) is 49.8 Å². The number of hydrogen-bond acceptors (Lipinski definition) is 6. The first-order valence-corrected chi connectivity index (χ1v) is 10.4.